The number of hydrogen-bond acceptors (Lipinski definition) is 7. The van der Waals surface area contributed by atoms with Gasteiger partial charge in [0.15, 0.2) is 0 Å². The van der Waals surface area contributed by atoms with E-state index in [-0.39, 0.29) is 31.2 Å². The molecule has 0 saturated heterocycles. The number of anilines is 1. The molecule has 0 aromatic heterocycles. The molecule has 13 nitrogen and oxygen atoms in total. The third kappa shape index (κ3) is 12.4. The Balaban J connectivity index is 2.82. The molecular weight excluding hydrogens is 498 g/mol. The number of rotatable bonds is 14. The fourth-order valence-corrected chi connectivity index (χ4v) is 3.13. The van der Waals surface area contributed by atoms with Gasteiger partial charge in [0.05, 0.1) is 0 Å². The molecule has 0 radical (unpaired) electrons. The molecule has 2 atom stereocenters. The number of urea groups is 1. The van der Waals surface area contributed by atoms with Gasteiger partial charge < -0.3 is 41.6 Å². The SMILES string of the molecule is C=C(C=CC)OC(=O)OCc1ccc(NC(=O)C(CCCNC(N)=O)NC(=O)C(NC(=O)O)C(C)C)cc1. The Labute approximate surface area is 220 Å². The van der Waals surface area contributed by atoms with Crippen LogP contribution in [0.5, 0.6) is 0 Å². The average molecular weight is 534 g/mol. The van der Waals surface area contributed by atoms with Crippen LogP contribution in [0.3, 0.4) is 0 Å². The number of carbonyl (C=O) groups is 5. The van der Waals surface area contributed by atoms with E-state index in [0.717, 1.165) is 0 Å². The van der Waals surface area contributed by atoms with E-state index in [1.807, 2.05) is 0 Å². The molecule has 0 aliphatic heterocycles. The largest absolute Gasteiger partial charge is 0.514 e. The predicted molar refractivity (Wildman–Crippen MR) is 139 cm³/mol. The van der Waals surface area contributed by atoms with Crippen LogP contribution in [0, 0.1) is 5.92 Å². The fraction of sp³-hybridized carbons (Fsp3) is 0.400. The lowest BCUT2D eigenvalue weighted by Gasteiger charge is -2.24. The molecule has 0 saturated carbocycles. The second-order valence-electron chi connectivity index (χ2n) is 8.46. The molecule has 2 unspecified atom stereocenters. The number of benzene rings is 1. The maximum Gasteiger partial charge on any atom is 0.514 e. The molecule has 0 heterocycles. The van der Waals surface area contributed by atoms with E-state index in [0.29, 0.717) is 17.7 Å². The number of amides is 5. The van der Waals surface area contributed by atoms with Gasteiger partial charge in [0, 0.05) is 12.2 Å². The molecule has 5 amide bonds. The van der Waals surface area contributed by atoms with Crippen LogP contribution in [-0.2, 0) is 25.7 Å². The van der Waals surface area contributed by atoms with Crippen molar-refractivity contribution in [1.29, 1.82) is 0 Å². The van der Waals surface area contributed by atoms with Crippen molar-refractivity contribution >= 4 is 35.8 Å². The number of carboxylic acid groups (broad SMARTS) is 1. The second-order valence-corrected chi connectivity index (χ2v) is 8.46. The molecule has 0 aliphatic carbocycles. The smallest absolute Gasteiger partial charge is 0.465 e. The molecule has 0 aliphatic rings. The zero-order valence-electron chi connectivity index (χ0n) is 21.6. The number of primary amides is 1. The lowest BCUT2D eigenvalue weighted by Crippen LogP contribution is -2.54. The van der Waals surface area contributed by atoms with Gasteiger partial charge in [-0.2, -0.15) is 0 Å². The van der Waals surface area contributed by atoms with Crippen LogP contribution >= 0.6 is 0 Å². The Bertz CT molecular complexity index is 1020. The van der Waals surface area contributed by atoms with Gasteiger partial charge in [0.25, 0.3) is 0 Å². The van der Waals surface area contributed by atoms with E-state index in [1.54, 1.807) is 51.1 Å². The first-order valence-electron chi connectivity index (χ1n) is 11.8. The highest BCUT2D eigenvalue weighted by Gasteiger charge is 2.28. The van der Waals surface area contributed by atoms with Crippen molar-refractivity contribution < 1.29 is 38.6 Å². The van der Waals surface area contributed by atoms with E-state index in [2.05, 4.69) is 27.8 Å². The second kappa shape index (κ2) is 16.2. The van der Waals surface area contributed by atoms with Crippen LogP contribution in [0.2, 0.25) is 0 Å². The van der Waals surface area contributed by atoms with Gasteiger partial charge in [0.1, 0.15) is 24.4 Å². The van der Waals surface area contributed by atoms with Crippen molar-refractivity contribution in [2.75, 3.05) is 11.9 Å². The van der Waals surface area contributed by atoms with E-state index in [1.165, 1.54) is 6.08 Å². The van der Waals surface area contributed by atoms with Gasteiger partial charge >= 0.3 is 18.3 Å². The van der Waals surface area contributed by atoms with Gasteiger partial charge in [-0.3, -0.25) is 9.59 Å². The summed E-state index contributed by atoms with van der Waals surface area (Å²) in [6.07, 6.45) is 1.34. The van der Waals surface area contributed by atoms with E-state index < -0.39 is 42.2 Å². The van der Waals surface area contributed by atoms with Gasteiger partial charge in [-0.15, -0.1) is 0 Å². The molecule has 1 aromatic carbocycles. The van der Waals surface area contributed by atoms with Crippen LogP contribution < -0.4 is 27.0 Å². The van der Waals surface area contributed by atoms with Crippen LogP contribution in [0.1, 0.15) is 39.2 Å². The first-order valence-corrected chi connectivity index (χ1v) is 11.8. The highest BCUT2D eigenvalue weighted by atomic mass is 16.7. The minimum Gasteiger partial charge on any atom is -0.465 e. The number of carbonyl (C=O) groups excluding carboxylic acids is 4. The molecule has 1 rings (SSSR count). The topological polar surface area (TPSA) is 198 Å². The summed E-state index contributed by atoms with van der Waals surface area (Å²) in [7, 11) is 0. The Morgan fingerprint density at radius 1 is 1.08 bits per heavy atom. The van der Waals surface area contributed by atoms with Gasteiger partial charge in [-0.25, -0.2) is 14.4 Å². The number of nitrogens with two attached hydrogens (primary N) is 1. The van der Waals surface area contributed by atoms with Crippen LogP contribution in [0.4, 0.5) is 20.1 Å². The molecule has 0 bridgehead atoms. The summed E-state index contributed by atoms with van der Waals surface area (Å²) in [6.45, 7) is 8.71. The number of ether oxygens (including phenoxy) is 2. The standard InChI is InChI=1S/C25H35N5O8/c1-5-7-16(4)38-25(36)37-14-17-9-11-18(12-10-17)28-21(31)19(8-6-13-27-23(26)33)29-22(32)20(15(2)3)30-24(34)35/h5,7,9-12,15,19-20,30H,4,6,8,13-14H2,1-3H3,(H,28,31)(H,29,32)(H,34,35)(H3,26,27,33). The summed E-state index contributed by atoms with van der Waals surface area (Å²) in [4.78, 5) is 59.4. The molecule has 0 fully saturated rings. The lowest BCUT2D eigenvalue weighted by atomic mass is 10.0. The number of nitrogens with one attached hydrogen (secondary N) is 4. The normalized spacial score (nSPS) is 12.2. The summed E-state index contributed by atoms with van der Waals surface area (Å²) in [5.41, 5.74) is 6.08. The third-order valence-electron chi connectivity index (χ3n) is 4.98. The van der Waals surface area contributed by atoms with Gasteiger partial charge in [0.2, 0.25) is 11.8 Å². The quantitative estimate of drug-likeness (QED) is 0.0907. The maximum absolute atomic E-state index is 13.0. The molecule has 0 spiro atoms. The summed E-state index contributed by atoms with van der Waals surface area (Å²) in [5.74, 6) is -1.45. The summed E-state index contributed by atoms with van der Waals surface area (Å²) >= 11 is 0. The summed E-state index contributed by atoms with van der Waals surface area (Å²) < 4.78 is 9.86. The first-order chi connectivity index (χ1) is 17.9. The monoisotopic (exact) mass is 533 g/mol. The zero-order valence-corrected chi connectivity index (χ0v) is 21.6. The van der Waals surface area contributed by atoms with Crippen LogP contribution in [0.25, 0.3) is 0 Å². The zero-order chi connectivity index (χ0) is 28.7. The minimum atomic E-state index is -1.37. The average Bonchev–Trinajstić information content (AvgIpc) is 2.83. The highest BCUT2D eigenvalue weighted by Crippen LogP contribution is 2.13. The predicted octanol–water partition coefficient (Wildman–Crippen LogP) is 2.59. The molecule has 1 aromatic rings. The third-order valence-corrected chi connectivity index (χ3v) is 4.98. The Kier molecular flexibility index (Phi) is 13.5. The molecule has 208 valence electrons. The van der Waals surface area contributed by atoms with Crippen molar-refractivity contribution in [3.05, 3.63) is 54.3 Å². The summed E-state index contributed by atoms with van der Waals surface area (Å²) in [5, 5.41) is 18.8. The first kappa shape index (κ1) is 31.5. The summed E-state index contributed by atoms with van der Waals surface area (Å²) in [6, 6.07) is 3.58. The van der Waals surface area contributed by atoms with Crippen LogP contribution in [-0.4, -0.2) is 53.8 Å². The van der Waals surface area contributed by atoms with Crippen molar-refractivity contribution in [2.45, 2.75) is 52.3 Å². The highest BCUT2D eigenvalue weighted by molar-refractivity contribution is 5.98. The number of allylic oxidation sites excluding steroid dienone is 2. The number of hydrogen-bond donors (Lipinski definition) is 6. The van der Waals surface area contributed by atoms with Gasteiger partial charge in [-0.1, -0.05) is 38.6 Å². The van der Waals surface area contributed by atoms with E-state index in [4.69, 9.17) is 20.3 Å². The molecule has 38 heavy (non-hydrogen) atoms. The Hall–Kier alpha value is -4.55. The minimum absolute atomic E-state index is 0.0745. The Morgan fingerprint density at radius 2 is 1.74 bits per heavy atom. The van der Waals surface area contributed by atoms with Crippen molar-refractivity contribution in [2.24, 2.45) is 11.7 Å². The van der Waals surface area contributed by atoms with Gasteiger partial charge in [-0.05, 0) is 49.5 Å². The van der Waals surface area contributed by atoms with E-state index >= 15 is 0 Å². The lowest BCUT2D eigenvalue weighted by molar-refractivity contribution is -0.128. The Morgan fingerprint density at radius 3 is 2.29 bits per heavy atom. The van der Waals surface area contributed by atoms with Crippen LogP contribution in [0.15, 0.2) is 48.8 Å². The van der Waals surface area contributed by atoms with Crippen molar-refractivity contribution in [1.82, 2.24) is 16.0 Å². The van der Waals surface area contributed by atoms with Crippen molar-refractivity contribution in [3.8, 4) is 0 Å². The van der Waals surface area contributed by atoms with Crippen molar-refractivity contribution in [3.63, 3.8) is 0 Å². The van der Waals surface area contributed by atoms with E-state index in [9.17, 15) is 24.0 Å². The fourth-order valence-electron chi connectivity index (χ4n) is 3.13. The molecule has 7 N–H and O–H groups in total. The maximum atomic E-state index is 13.0. The molecule has 13 heteroatoms. The molecular formula is C25H35N5O8.